The standard InChI is InChI=1S/C18H25F4N5O.HI/c1-3-23-17(24-12-16(28)25-15-6-4-14(19)5-7-15)27-10-8-26(9-11-27)13(2)18(20,21)22;/h4-7,13H,3,8-12H2,1-2H3,(H,23,24)(H,25,28);1H. The number of aliphatic imine (C=N–C) groups is 1. The van der Waals surface area contributed by atoms with E-state index in [1.165, 1.54) is 29.2 Å². The highest BCUT2D eigenvalue weighted by molar-refractivity contribution is 14.0. The summed E-state index contributed by atoms with van der Waals surface area (Å²) in [5.41, 5.74) is 0.460. The smallest absolute Gasteiger partial charge is 0.357 e. The Morgan fingerprint density at radius 3 is 2.28 bits per heavy atom. The van der Waals surface area contributed by atoms with Crippen LogP contribution in [0, 0.1) is 5.82 Å². The van der Waals surface area contributed by atoms with Crippen molar-refractivity contribution in [3.63, 3.8) is 0 Å². The van der Waals surface area contributed by atoms with Gasteiger partial charge in [-0.15, -0.1) is 24.0 Å². The SMILES string of the molecule is CCNC(=NCC(=O)Nc1ccc(F)cc1)N1CCN(C(C)C(F)(F)F)CC1.I. The van der Waals surface area contributed by atoms with Crippen LogP contribution in [0.2, 0.25) is 0 Å². The summed E-state index contributed by atoms with van der Waals surface area (Å²) in [7, 11) is 0. The number of carbonyl (C=O) groups excluding carboxylic acids is 1. The zero-order valence-electron chi connectivity index (χ0n) is 16.3. The lowest BCUT2D eigenvalue weighted by molar-refractivity contribution is -0.181. The molecular formula is C18H26F4IN5O. The van der Waals surface area contributed by atoms with Crippen LogP contribution in [0.5, 0.6) is 0 Å². The van der Waals surface area contributed by atoms with Crippen molar-refractivity contribution in [2.75, 3.05) is 44.6 Å². The van der Waals surface area contributed by atoms with Gasteiger partial charge >= 0.3 is 6.18 Å². The largest absolute Gasteiger partial charge is 0.403 e. The molecule has 1 aliphatic rings. The second kappa shape index (κ2) is 11.5. The number of halogens is 5. The maximum atomic E-state index is 12.9. The molecular weight excluding hydrogens is 505 g/mol. The Bertz CT molecular complexity index is 676. The maximum absolute atomic E-state index is 12.9. The third-order valence-electron chi connectivity index (χ3n) is 4.47. The molecule has 29 heavy (non-hydrogen) atoms. The number of nitrogens with zero attached hydrogens (tertiary/aromatic N) is 3. The monoisotopic (exact) mass is 531 g/mol. The number of benzene rings is 1. The van der Waals surface area contributed by atoms with Crippen molar-refractivity contribution in [2.45, 2.75) is 26.1 Å². The van der Waals surface area contributed by atoms with Crippen LogP contribution < -0.4 is 10.6 Å². The molecule has 0 spiro atoms. The number of anilines is 1. The van der Waals surface area contributed by atoms with Gasteiger partial charge in [0.15, 0.2) is 5.96 Å². The van der Waals surface area contributed by atoms with Gasteiger partial charge in [-0.25, -0.2) is 9.38 Å². The maximum Gasteiger partial charge on any atom is 0.403 e. The van der Waals surface area contributed by atoms with E-state index in [2.05, 4.69) is 15.6 Å². The summed E-state index contributed by atoms with van der Waals surface area (Å²) < 4.78 is 51.5. The summed E-state index contributed by atoms with van der Waals surface area (Å²) in [6.07, 6.45) is -4.25. The molecule has 1 aliphatic heterocycles. The van der Waals surface area contributed by atoms with Crippen LogP contribution in [0.1, 0.15) is 13.8 Å². The van der Waals surface area contributed by atoms with Crippen molar-refractivity contribution in [1.29, 1.82) is 0 Å². The summed E-state index contributed by atoms with van der Waals surface area (Å²) in [6, 6.07) is 3.89. The Kier molecular flexibility index (Phi) is 10.1. The quantitative estimate of drug-likeness (QED) is 0.266. The number of nitrogens with one attached hydrogen (secondary N) is 2. The predicted molar refractivity (Wildman–Crippen MR) is 115 cm³/mol. The first kappa shape index (κ1) is 25.4. The first-order valence-corrected chi connectivity index (χ1v) is 9.10. The van der Waals surface area contributed by atoms with Crippen LogP contribution in [0.15, 0.2) is 29.3 Å². The molecule has 0 bridgehead atoms. The Labute approximate surface area is 184 Å². The van der Waals surface area contributed by atoms with E-state index in [1.807, 2.05) is 11.8 Å². The second-order valence-corrected chi connectivity index (χ2v) is 6.47. The van der Waals surface area contributed by atoms with Gasteiger partial charge in [-0.1, -0.05) is 0 Å². The van der Waals surface area contributed by atoms with E-state index in [9.17, 15) is 22.4 Å². The highest BCUT2D eigenvalue weighted by Crippen LogP contribution is 2.25. The van der Waals surface area contributed by atoms with E-state index in [1.54, 1.807) is 0 Å². The Morgan fingerprint density at radius 2 is 1.76 bits per heavy atom. The Hall–Kier alpha value is -1.63. The van der Waals surface area contributed by atoms with E-state index < -0.39 is 18.0 Å². The second-order valence-electron chi connectivity index (χ2n) is 6.47. The highest BCUT2D eigenvalue weighted by atomic mass is 127. The molecule has 0 aromatic heterocycles. The number of carbonyl (C=O) groups is 1. The summed E-state index contributed by atoms with van der Waals surface area (Å²) in [6.45, 7) is 4.72. The molecule has 1 atom stereocenters. The molecule has 0 aliphatic carbocycles. The van der Waals surface area contributed by atoms with Crippen LogP contribution in [0.4, 0.5) is 23.2 Å². The van der Waals surface area contributed by atoms with E-state index in [0.717, 1.165) is 6.92 Å². The van der Waals surface area contributed by atoms with Crippen molar-refractivity contribution in [3.8, 4) is 0 Å². The number of rotatable bonds is 5. The number of piperazine rings is 1. The average molecular weight is 531 g/mol. The van der Waals surface area contributed by atoms with Crippen LogP contribution >= 0.6 is 24.0 Å². The predicted octanol–water partition coefficient (Wildman–Crippen LogP) is 2.92. The number of guanidine groups is 1. The van der Waals surface area contributed by atoms with E-state index in [-0.39, 0.29) is 49.5 Å². The summed E-state index contributed by atoms with van der Waals surface area (Å²) >= 11 is 0. The lowest BCUT2D eigenvalue weighted by Gasteiger charge is -2.39. The summed E-state index contributed by atoms with van der Waals surface area (Å²) in [5, 5.41) is 5.67. The molecule has 1 aromatic carbocycles. The number of alkyl halides is 3. The first-order valence-electron chi connectivity index (χ1n) is 9.10. The fourth-order valence-corrected chi connectivity index (χ4v) is 2.83. The zero-order valence-corrected chi connectivity index (χ0v) is 18.6. The Morgan fingerprint density at radius 1 is 1.17 bits per heavy atom. The molecule has 1 aromatic rings. The van der Waals surface area contributed by atoms with E-state index in [0.29, 0.717) is 31.3 Å². The van der Waals surface area contributed by atoms with Crippen molar-refractivity contribution >= 4 is 41.5 Å². The molecule has 2 rings (SSSR count). The molecule has 0 radical (unpaired) electrons. The molecule has 6 nitrogen and oxygen atoms in total. The van der Waals surface area contributed by atoms with Gasteiger partial charge in [0.2, 0.25) is 5.91 Å². The van der Waals surface area contributed by atoms with Gasteiger partial charge in [0, 0.05) is 38.4 Å². The summed E-state index contributed by atoms with van der Waals surface area (Å²) in [4.78, 5) is 19.6. The van der Waals surface area contributed by atoms with Gasteiger partial charge < -0.3 is 15.5 Å². The average Bonchev–Trinajstić information content (AvgIpc) is 2.66. The molecule has 0 saturated carbocycles. The van der Waals surface area contributed by atoms with Gasteiger partial charge in [0.05, 0.1) is 0 Å². The van der Waals surface area contributed by atoms with Gasteiger partial charge in [0.1, 0.15) is 18.4 Å². The lowest BCUT2D eigenvalue weighted by Crippen LogP contribution is -2.56. The summed E-state index contributed by atoms with van der Waals surface area (Å²) in [5.74, 6) is -0.285. The van der Waals surface area contributed by atoms with Gasteiger partial charge in [-0.2, -0.15) is 13.2 Å². The van der Waals surface area contributed by atoms with Crippen LogP contribution in [-0.2, 0) is 4.79 Å². The van der Waals surface area contributed by atoms with Crippen LogP contribution in [0.3, 0.4) is 0 Å². The molecule has 1 heterocycles. The number of hydrogen-bond acceptors (Lipinski definition) is 3. The van der Waals surface area contributed by atoms with Gasteiger partial charge in [0.25, 0.3) is 0 Å². The Balaban J connectivity index is 0.00000420. The molecule has 1 amide bonds. The molecule has 2 N–H and O–H groups in total. The van der Waals surface area contributed by atoms with E-state index >= 15 is 0 Å². The fourth-order valence-electron chi connectivity index (χ4n) is 2.83. The fraction of sp³-hybridized carbons (Fsp3) is 0.556. The van der Waals surface area contributed by atoms with Gasteiger partial charge in [-0.3, -0.25) is 9.69 Å². The van der Waals surface area contributed by atoms with Crippen molar-refractivity contribution in [1.82, 2.24) is 15.1 Å². The number of hydrogen-bond donors (Lipinski definition) is 2. The topological polar surface area (TPSA) is 60.0 Å². The first-order chi connectivity index (χ1) is 13.2. The minimum Gasteiger partial charge on any atom is -0.357 e. The molecule has 11 heteroatoms. The minimum absolute atomic E-state index is 0. The third kappa shape index (κ3) is 7.96. The molecule has 1 unspecified atom stereocenters. The highest BCUT2D eigenvalue weighted by Gasteiger charge is 2.41. The minimum atomic E-state index is -4.25. The van der Waals surface area contributed by atoms with Crippen molar-refractivity contribution in [2.24, 2.45) is 4.99 Å². The third-order valence-corrected chi connectivity index (χ3v) is 4.47. The molecule has 1 fully saturated rings. The normalized spacial score (nSPS) is 16.8. The van der Waals surface area contributed by atoms with Crippen molar-refractivity contribution in [3.05, 3.63) is 30.1 Å². The van der Waals surface area contributed by atoms with Crippen molar-refractivity contribution < 1.29 is 22.4 Å². The lowest BCUT2D eigenvalue weighted by atomic mass is 10.2. The molecule has 1 saturated heterocycles. The van der Waals surface area contributed by atoms with E-state index in [4.69, 9.17) is 0 Å². The zero-order chi connectivity index (χ0) is 20.7. The molecule has 164 valence electrons. The van der Waals surface area contributed by atoms with Crippen LogP contribution in [0.25, 0.3) is 0 Å². The van der Waals surface area contributed by atoms with Gasteiger partial charge in [-0.05, 0) is 38.1 Å². The van der Waals surface area contributed by atoms with Crippen LogP contribution in [-0.4, -0.2) is 73.2 Å². The number of amides is 1.